The first-order valence-electron chi connectivity index (χ1n) is 6.25. The fraction of sp³-hybridized carbons (Fsp3) is 0.333. The van der Waals surface area contributed by atoms with Crippen LogP contribution in [0, 0.1) is 12.8 Å². The van der Waals surface area contributed by atoms with Gasteiger partial charge in [0, 0.05) is 11.6 Å². The van der Waals surface area contributed by atoms with Crippen LogP contribution >= 0.6 is 0 Å². The largest absolute Gasteiger partial charge is 0.384 e. The summed E-state index contributed by atoms with van der Waals surface area (Å²) in [5.41, 5.74) is 9.09. The van der Waals surface area contributed by atoms with E-state index >= 15 is 0 Å². The quantitative estimate of drug-likeness (QED) is 0.897. The lowest BCUT2D eigenvalue weighted by Gasteiger charge is -2.08. The van der Waals surface area contributed by atoms with E-state index in [1.165, 1.54) is 5.56 Å². The molecule has 2 rings (SSSR count). The molecule has 0 aliphatic rings. The number of nitrogens with two attached hydrogens (primary N) is 1. The summed E-state index contributed by atoms with van der Waals surface area (Å²) < 4.78 is 0. The van der Waals surface area contributed by atoms with Crippen LogP contribution in [0.15, 0.2) is 30.3 Å². The number of hydrogen-bond donors (Lipinski definition) is 1. The molecule has 0 amide bonds. The van der Waals surface area contributed by atoms with Gasteiger partial charge in [0.05, 0.1) is 5.69 Å². The Hall–Kier alpha value is -1.90. The Balaban J connectivity index is 2.38. The predicted molar refractivity (Wildman–Crippen MR) is 75.2 cm³/mol. The van der Waals surface area contributed by atoms with E-state index in [9.17, 15) is 0 Å². The lowest BCUT2D eigenvalue weighted by atomic mass is 10.00. The minimum atomic E-state index is 0.520. The molecule has 1 aromatic heterocycles. The number of hydrogen-bond acceptors (Lipinski definition) is 3. The molecule has 3 nitrogen and oxygen atoms in total. The molecule has 2 N–H and O–H groups in total. The average molecular weight is 241 g/mol. The van der Waals surface area contributed by atoms with Crippen LogP contribution in [0.5, 0.6) is 0 Å². The summed E-state index contributed by atoms with van der Waals surface area (Å²) in [5, 5.41) is 0. The smallest absolute Gasteiger partial charge is 0.128 e. The highest BCUT2D eigenvalue weighted by Crippen LogP contribution is 2.21. The highest BCUT2D eigenvalue weighted by Gasteiger charge is 2.04. The molecule has 0 saturated heterocycles. The van der Waals surface area contributed by atoms with Crippen molar-refractivity contribution in [3.63, 3.8) is 0 Å². The Kier molecular flexibility index (Phi) is 3.60. The summed E-state index contributed by atoms with van der Waals surface area (Å²) in [5.74, 6) is 1.88. The van der Waals surface area contributed by atoms with Gasteiger partial charge in [0.15, 0.2) is 0 Å². The Labute approximate surface area is 108 Å². The lowest BCUT2D eigenvalue weighted by Crippen LogP contribution is -1.98. The van der Waals surface area contributed by atoms with Crippen molar-refractivity contribution < 1.29 is 0 Å². The van der Waals surface area contributed by atoms with Crippen LogP contribution in [0.2, 0.25) is 0 Å². The van der Waals surface area contributed by atoms with Gasteiger partial charge in [-0.1, -0.05) is 32.0 Å². The number of benzene rings is 1. The number of aromatic nitrogens is 2. The molecule has 94 valence electrons. The average Bonchev–Trinajstić information content (AvgIpc) is 2.27. The Morgan fingerprint density at radius 3 is 2.61 bits per heavy atom. The summed E-state index contributed by atoms with van der Waals surface area (Å²) in [6.07, 6.45) is 1.08. The van der Waals surface area contributed by atoms with Gasteiger partial charge >= 0.3 is 0 Å². The number of anilines is 1. The summed E-state index contributed by atoms with van der Waals surface area (Å²) in [7, 11) is 0. The van der Waals surface area contributed by atoms with Gasteiger partial charge in [0.2, 0.25) is 0 Å². The third kappa shape index (κ3) is 3.06. The van der Waals surface area contributed by atoms with E-state index in [1.54, 1.807) is 0 Å². The van der Waals surface area contributed by atoms with E-state index in [4.69, 9.17) is 5.73 Å². The third-order valence-corrected chi connectivity index (χ3v) is 2.72. The molecule has 0 fully saturated rings. The molecular formula is C15H19N3. The van der Waals surface area contributed by atoms with Crippen molar-refractivity contribution >= 4 is 5.82 Å². The first-order valence-corrected chi connectivity index (χ1v) is 6.25. The van der Waals surface area contributed by atoms with Crippen LogP contribution < -0.4 is 5.73 Å². The van der Waals surface area contributed by atoms with Gasteiger partial charge in [0.25, 0.3) is 0 Å². The summed E-state index contributed by atoms with van der Waals surface area (Å²) >= 11 is 0. The van der Waals surface area contributed by atoms with E-state index in [-0.39, 0.29) is 0 Å². The minimum Gasteiger partial charge on any atom is -0.384 e. The fourth-order valence-corrected chi connectivity index (χ4v) is 2.07. The summed E-state index contributed by atoms with van der Waals surface area (Å²) in [6, 6.07) is 10.3. The van der Waals surface area contributed by atoms with Crippen molar-refractivity contribution in [1.82, 2.24) is 9.97 Å². The van der Waals surface area contributed by atoms with Gasteiger partial charge in [-0.3, -0.25) is 0 Å². The molecule has 18 heavy (non-hydrogen) atoms. The second-order valence-electron chi connectivity index (χ2n) is 5.02. The van der Waals surface area contributed by atoms with Gasteiger partial charge in [-0.2, -0.15) is 0 Å². The number of rotatable bonds is 3. The maximum atomic E-state index is 5.76. The zero-order chi connectivity index (χ0) is 13.1. The molecule has 0 bridgehead atoms. The zero-order valence-corrected chi connectivity index (χ0v) is 11.1. The maximum absolute atomic E-state index is 5.76. The van der Waals surface area contributed by atoms with Crippen LogP contribution in [0.1, 0.15) is 25.2 Å². The first-order chi connectivity index (χ1) is 8.54. The topological polar surface area (TPSA) is 51.8 Å². The van der Waals surface area contributed by atoms with E-state index in [0.29, 0.717) is 17.6 Å². The molecule has 0 aliphatic carbocycles. The number of aryl methyl sites for hydroxylation is 1. The molecule has 0 radical (unpaired) electrons. The molecular weight excluding hydrogens is 222 g/mol. The fourth-order valence-electron chi connectivity index (χ4n) is 2.07. The van der Waals surface area contributed by atoms with Gasteiger partial charge in [-0.15, -0.1) is 0 Å². The van der Waals surface area contributed by atoms with Crippen molar-refractivity contribution in [3.05, 3.63) is 41.7 Å². The molecule has 0 unspecified atom stereocenters. The number of nitrogen functional groups attached to an aromatic ring is 1. The Morgan fingerprint density at radius 1 is 1.17 bits per heavy atom. The molecule has 0 atom stereocenters. The Bertz CT molecular complexity index is 527. The van der Waals surface area contributed by atoms with Crippen molar-refractivity contribution in [2.75, 3.05) is 5.73 Å². The Morgan fingerprint density at radius 2 is 1.94 bits per heavy atom. The summed E-state index contributed by atoms with van der Waals surface area (Å²) in [6.45, 7) is 6.30. The van der Waals surface area contributed by atoms with Gasteiger partial charge in [-0.25, -0.2) is 9.97 Å². The van der Waals surface area contributed by atoms with Crippen LogP contribution in [0.3, 0.4) is 0 Å². The van der Waals surface area contributed by atoms with Gasteiger partial charge in [-0.05, 0) is 30.9 Å². The number of nitrogens with zero attached hydrogens (tertiary/aromatic N) is 2. The van der Waals surface area contributed by atoms with Crippen molar-refractivity contribution in [2.24, 2.45) is 5.92 Å². The first kappa shape index (κ1) is 12.6. The van der Waals surface area contributed by atoms with Gasteiger partial charge in [0.1, 0.15) is 11.6 Å². The van der Waals surface area contributed by atoms with Crippen LogP contribution in [-0.2, 0) is 6.42 Å². The second kappa shape index (κ2) is 5.17. The highest BCUT2D eigenvalue weighted by atomic mass is 14.9. The van der Waals surface area contributed by atoms with Crippen molar-refractivity contribution in [2.45, 2.75) is 27.2 Å². The van der Waals surface area contributed by atoms with Crippen molar-refractivity contribution in [1.29, 1.82) is 0 Å². The standard InChI is InChI=1S/C15H19N3/c1-10(2)7-12-5-4-6-13(8-12)14-9-15(16)18-11(3)17-14/h4-6,8-10H,7H2,1-3H3,(H2,16,17,18). The van der Waals surface area contributed by atoms with Crippen LogP contribution in [0.4, 0.5) is 5.82 Å². The summed E-state index contributed by atoms with van der Waals surface area (Å²) in [4.78, 5) is 8.53. The molecule has 3 heteroatoms. The SMILES string of the molecule is Cc1nc(N)cc(-c2cccc(CC(C)C)c2)n1. The second-order valence-corrected chi connectivity index (χ2v) is 5.02. The molecule has 0 spiro atoms. The predicted octanol–water partition coefficient (Wildman–Crippen LogP) is 3.23. The highest BCUT2D eigenvalue weighted by molar-refractivity contribution is 5.62. The van der Waals surface area contributed by atoms with E-state index in [1.807, 2.05) is 13.0 Å². The molecule has 0 saturated carbocycles. The van der Waals surface area contributed by atoms with E-state index in [0.717, 1.165) is 17.7 Å². The van der Waals surface area contributed by atoms with E-state index in [2.05, 4.69) is 48.1 Å². The normalized spacial score (nSPS) is 10.9. The molecule has 1 heterocycles. The molecule has 2 aromatic rings. The molecule has 0 aliphatic heterocycles. The molecule has 1 aromatic carbocycles. The monoisotopic (exact) mass is 241 g/mol. The minimum absolute atomic E-state index is 0.520. The maximum Gasteiger partial charge on any atom is 0.128 e. The van der Waals surface area contributed by atoms with Gasteiger partial charge < -0.3 is 5.73 Å². The zero-order valence-electron chi connectivity index (χ0n) is 11.1. The van der Waals surface area contributed by atoms with Crippen LogP contribution in [-0.4, -0.2) is 9.97 Å². The van der Waals surface area contributed by atoms with E-state index < -0.39 is 0 Å². The van der Waals surface area contributed by atoms with Crippen molar-refractivity contribution in [3.8, 4) is 11.3 Å². The van der Waals surface area contributed by atoms with Crippen LogP contribution in [0.25, 0.3) is 11.3 Å². The lowest BCUT2D eigenvalue weighted by molar-refractivity contribution is 0.647. The third-order valence-electron chi connectivity index (χ3n) is 2.72.